The van der Waals surface area contributed by atoms with Crippen molar-refractivity contribution in [3.05, 3.63) is 5.82 Å². The average Bonchev–Trinajstić information content (AvgIpc) is 2.72. The van der Waals surface area contributed by atoms with Crippen molar-refractivity contribution in [1.29, 1.82) is 0 Å². The number of rotatable bonds is 9. The summed E-state index contributed by atoms with van der Waals surface area (Å²) in [6.45, 7) is 6.75. The molecule has 1 N–H and O–H groups in total. The summed E-state index contributed by atoms with van der Waals surface area (Å²) >= 11 is 0. The van der Waals surface area contributed by atoms with Gasteiger partial charge in [0.2, 0.25) is 0 Å². The Hall–Kier alpha value is -1.01. The molecular formula is C11H23N5O. The summed E-state index contributed by atoms with van der Waals surface area (Å²) in [5.41, 5.74) is 0. The third-order valence-electron chi connectivity index (χ3n) is 2.33. The van der Waals surface area contributed by atoms with Crippen molar-refractivity contribution in [3.63, 3.8) is 0 Å². The molecule has 0 fully saturated rings. The Labute approximate surface area is 103 Å². The van der Waals surface area contributed by atoms with Crippen LogP contribution in [-0.4, -0.2) is 46.0 Å². The van der Waals surface area contributed by atoms with Crippen molar-refractivity contribution in [2.45, 2.75) is 39.2 Å². The van der Waals surface area contributed by atoms with Gasteiger partial charge in [0.25, 0.3) is 0 Å². The fourth-order valence-corrected chi connectivity index (χ4v) is 1.53. The lowest BCUT2D eigenvalue weighted by Crippen LogP contribution is -2.36. The maximum Gasteiger partial charge on any atom is 0.176 e. The second-order valence-corrected chi connectivity index (χ2v) is 4.13. The van der Waals surface area contributed by atoms with E-state index in [1.807, 2.05) is 0 Å². The number of aryl methyl sites for hydroxylation is 1. The first-order valence-corrected chi connectivity index (χ1v) is 6.30. The zero-order chi connectivity index (χ0) is 12.5. The van der Waals surface area contributed by atoms with Gasteiger partial charge in [-0.15, -0.1) is 10.2 Å². The molecule has 1 aromatic heterocycles. The largest absolute Gasteiger partial charge is 0.380 e. The van der Waals surface area contributed by atoms with Crippen LogP contribution in [0.5, 0.6) is 0 Å². The molecule has 1 aromatic rings. The number of ether oxygens (including phenoxy) is 1. The second kappa shape index (κ2) is 8.14. The molecule has 0 aliphatic rings. The first-order chi connectivity index (χ1) is 8.26. The Morgan fingerprint density at radius 1 is 1.35 bits per heavy atom. The number of hydrogen-bond donors (Lipinski definition) is 1. The predicted octanol–water partition coefficient (Wildman–Crippen LogP) is 0.547. The fraction of sp³-hybridized carbons (Fsp3) is 0.909. The highest BCUT2D eigenvalue weighted by molar-refractivity contribution is 4.84. The van der Waals surface area contributed by atoms with E-state index in [0.29, 0.717) is 6.61 Å². The molecule has 98 valence electrons. The monoisotopic (exact) mass is 241 g/mol. The fourth-order valence-electron chi connectivity index (χ4n) is 1.53. The summed E-state index contributed by atoms with van der Waals surface area (Å²) in [5, 5.41) is 15.5. The quantitative estimate of drug-likeness (QED) is 0.640. The summed E-state index contributed by atoms with van der Waals surface area (Å²) < 4.78 is 5.58. The molecule has 0 aliphatic heterocycles. The molecule has 1 atom stereocenters. The van der Waals surface area contributed by atoms with Crippen LogP contribution in [-0.2, 0) is 18.2 Å². The topological polar surface area (TPSA) is 64.9 Å². The normalized spacial score (nSPS) is 12.9. The van der Waals surface area contributed by atoms with Crippen LogP contribution < -0.4 is 5.32 Å². The highest BCUT2D eigenvalue weighted by atomic mass is 16.5. The molecule has 6 nitrogen and oxygen atoms in total. The minimum Gasteiger partial charge on any atom is -0.380 e. The molecule has 6 heteroatoms. The van der Waals surface area contributed by atoms with Crippen molar-refractivity contribution in [2.75, 3.05) is 19.8 Å². The van der Waals surface area contributed by atoms with Gasteiger partial charge in [-0.3, -0.25) is 0 Å². The molecular weight excluding hydrogens is 218 g/mol. The smallest absolute Gasteiger partial charge is 0.176 e. The minimum absolute atomic E-state index is 0.269. The molecule has 0 radical (unpaired) electrons. The van der Waals surface area contributed by atoms with Crippen LogP contribution in [0.15, 0.2) is 0 Å². The summed E-state index contributed by atoms with van der Waals surface area (Å²) in [6.07, 6.45) is 2.92. The molecule has 0 bridgehead atoms. The predicted molar refractivity (Wildman–Crippen MR) is 65.7 cm³/mol. The molecule has 17 heavy (non-hydrogen) atoms. The van der Waals surface area contributed by atoms with E-state index in [4.69, 9.17) is 4.74 Å². The standard InChI is InChI=1S/C11H23N5O/c1-4-6-12-10(9-17-7-5-2)8-11-13-15-16(3)14-11/h10,12H,4-9H2,1-3H3. The van der Waals surface area contributed by atoms with E-state index in [1.54, 1.807) is 7.05 Å². The summed E-state index contributed by atoms with van der Waals surface area (Å²) in [6, 6.07) is 0.269. The van der Waals surface area contributed by atoms with Gasteiger partial charge in [-0.2, -0.15) is 4.80 Å². The van der Waals surface area contributed by atoms with Crippen LogP contribution in [0.3, 0.4) is 0 Å². The number of nitrogens with one attached hydrogen (secondary N) is 1. The molecule has 0 aliphatic carbocycles. The van der Waals surface area contributed by atoms with Gasteiger partial charge < -0.3 is 10.1 Å². The summed E-state index contributed by atoms with van der Waals surface area (Å²) in [5.74, 6) is 0.765. The van der Waals surface area contributed by atoms with E-state index in [9.17, 15) is 0 Å². The molecule has 0 saturated heterocycles. The van der Waals surface area contributed by atoms with Gasteiger partial charge >= 0.3 is 0 Å². The SMILES string of the molecule is CCCNC(COCCC)Cc1nnn(C)n1. The van der Waals surface area contributed by atoms with Gasteiger partial charge in [0, 0.05) is 19.1 Å². The van der Waals surface area contributed by atoms with Crippen LogP contribution in [0.2, 0.25) is 0 Å². The van der Waals surface area contributed by atoms with Crippen molar-refractivity contribution >= 4 is 0 Å². The zero-order valence-electron chi connectivity index (χ0n) is 11.0. The zero-order valence-corrected chi connectivity index (χ0v) is 11.0. The number of tetrazole rings is 1. The van der Waals surface area contributed by atoms with E-state index < -0.39 is 0 Å². The Morgan fingerprint density at radius 3 is 2.76 bits per heavy atom. The van der Waals surface area contributed by atoms with E-state index in [0.717, 1.165) is 38.2 Å². The van der Waals surface area contributed by atoms with Crippen LogP contribution in [0, 0.1) is 0 Å². The summed E-state index contributed by atoms with van der Waals surface area (Å²) in [4.78, 5) is 1.49. The highest BCUT2D eigenvalue weighted by Crippen LogP contribution is 1.97. The van der Waals surface area contributed by atoms with Crippen molar-refractivity contribution in [1.82, 2.24) is 25.5 Å². The third kappa shape index (κ3) is 5.74. The van der Waals surface area contributed by atoms with Crippen molar-refractivity contribution in [2.24, 2.45) is 7.05 Å². The first kappa shape index (κ1) is 14.1. The lowest BCUT2D eigenvalue weighted by Gasteiger charge is -2.16. The van der Waals surface area contributed by atoms with Crippen LogP contribution in [0.4, 0.5) is 0 Å². The lowest BCUT2D eigenvalue weighted by atomic mass is 10.2. The first-order valence-electron chi connectivity index (χ1n) is 6.30. The van der Waals surface area contributed by atoms with E-state index in [-0.39, 0.29) is 6.04 Å². The lowest BCUT2D eigenvalue weighted by molar-refractivity contribution is 0.111. The van der Waals surface area contributed by atoms with E-state index >= 15 is 0 Å². The van der Waals surface area contributed by atoms with Crippen LogP contribution in [0.1, 0.15) is 32.5 Å². The molecule has 1 rings (SSSR count). The summed E-state index contributed by atoms with van der Waals surface area (Å²) in [7, 11) is 1.78. The van der Waals surface area contributed by atoms with Crippen molar-refractivity contribution < 1.29 is 4.74 Å². The Morgan fingerprint density at radius 2 is 2.18 bits per heavy atom. The van der Waals surface area contributed by atoms with Gasteiger partial charge in [-0.1, -0.05) is 13.8 Å². The van der Waals surface area contributed by atoms with Gasteiger partial charge in [-0.25, -0.2) is 0 Å². The second-order valence-electron chi connectivity index (χ2n) is 4.13. The average molecular weight is 241 g/mol. The maximum atomic E-state index is 5.58. The molecule has 0 spiro atoms. The van der Waals surface area contributed by atoms with Crippen molar-refractivity contribution in [3.8, 4) is 0 Å². The number of nitrogens with zero attached hydrogens (tertiary/aromatic N) is 4. The molecule has 0 aromatic carbocycles. The molecule has 0 amide bonds. The Kier molecular flexibility index (Phi) is 6.73. The highest BCUT2D eigenvalue weighted by Gasteiger charge is 2.12. The van der Waals surface area contributed by atoms with E-state index in [2.05, 4.69) is 34.6 Å². The maximum absolute atomic E-state index is 5.58. The number of aromatic nitrogens is 4. The van der Waals surface area contributed by atoms with Gasteiger partial charge in [0.15, 0.2) is 5.82 Å². The third-order valence-corrected chi connectivity index (χ3v) is 2.33. The van der Waals surface area contributed by atoms with Gasteiger partial charge in [0.1, 0.15) is 0 Å². The minimum atomic E-state index is 0.269. The Balaban J connectivity index is 2.38. The van der Waals surface area contributed by atoms with Gasteiger partial charge in [0.05, 0.1) is 13.7 Å². The van der Waals surface area contributed by atoms with Gasteiger partial charge in [-0.05, 0) is 24.6 Å². The Bertz CT molecular complexity index is 302. The number of hydrogen-bond acceptors (Lipinski definition) is 5. The molecule has 1 unspecified atom stereocenters. The molecule has 0 saturated carbocycles. The van der Waals surface area contributed by atoms with Crippen LogP contribution in [0.25, 0.3) is 0 Å². The van der Waals surface area contributed by atoms with Crippen LogP contribution >= 0.6 is 0 Å². The molecule has 1 heterocycles. The van der Waals surface area contributed by atoms with E-state index in [1.165, 1.54) is 4.80 Å².